The van der Waals surface area contributed by atoms with E-state index >= 15 is 0 Å². The van der Waals surface area contributed by atoms with E-state index in [1.54, 1.807) is 6.92 Å². The predicted octanol–water partition coefficient (Wildman–Crippen LogP) is 2.05. The Bertz CT molecular complexity index is 368. The molecule has 0 spiro atoms. The van der Waals surface area contributed by atoms with Gasteiger partial charge >= 0.3 is 6.03 Å². The number of hydrogen-bond donors (Lipinski definition) is 1. The number of primary amides is 1. The van der Waals surface area contributed by atoms with E-state index in [0.29, 0.717) is 12.1 Å². The molecular weight excluding hydrogens is 216 g/mol. The van der Waals surface area contributed by atoms with Gasteiger partial charge in [0.05, 0.1) is 0 Å². The molecule has 2 bridgehead atoms. The fourth-order valence-electron chi connectivity index (χ4n) is 3.35. The maximum absolute atomic E-state index is 11.9. The highest BCUT2D eigenvalue weighted by atomic mass is 16.2. The second-order valence-electron chi connectivity index (χ2n) is 5.66. The van der Waals surface area contributed by atoms with E-state index in [0.717, 1.165) is 25.2 Å². The molecule has 0 unspecified atom stereocenters. The number of imide groups is 1. The lowest BCUT2D eigenvalue weighted by atomic mass is 9.83. The zero-order valence-corrected chi connectivity index (χ0v) is 10.4. The zero-order valence-electron chi connectivity index (χ0n) is 10.4. The highest BCUT2D eigenvalue weighted by molar-refractivity contribution is 6.02. The average Bonchev–Trinajstić information content (AvgIpc) is 2.84. The molecule has 0 atom stereocenters. The van der Waals surface area contributed by atoms with Crippen molar-refractivity contribution < 1.29 is 9.59 Å². The Morgan fingerprint density at radius 1 is 1.41 bits per heavy atom. The highest BCUT2D eigenvalue weighted by Crippen LogP contribution is 2.54. The molecule has 2 aliphatic rings. The van der Waals surface area contributed by atoms with Gasteiger partial charge in [-0.05, 0) is 50.4 Å². The smallest absolute Gasteiger partial charge is 0.321 e. The number of rotatable bonds is 3. The number of carbonyl (C=O) groups excluding carboxylic acids is 2. The molecule has 0 aromatic carbocycles. The third kappa shape index (κ3) is 2.21. The van der Waals surface area contributed by atoms with E-state index in [1.165, 1.54) is 17.7 Å². The minimum Gasteiger partial charge on any atom is -0.351 e. The molecule has 0 saturated heterocycles. The molecule has 2 saturated carbocycles. The van der Waals surface area contributed by atoms with Crippen molar-refractivity contribution in [2.45, 2.75) is 39.0 Å². The summed E-state index contributed by atoms with van der Waals surface area (Å²) in [6, 6.07) is -0.650. The fourth-order valence-corrected chi connectivity index (χ4v) is 3.35. The summed E-state index contributed by atoms with van der Waals surface area (Å²) < 4.78 is 0. The van der Waals surface area contributed by atoms with Gasteiger partial charge in [-0.25, -0.2) is 4.79 Å². The Kier molecular flexibility index (Phi) is 2.98. The van der Waals surface area contributed by atoms with Crippen LogP contribution in [0.4, 0.5) is 4.79 Å². The van der Waals surface area contributed by atoms with Crippen molar-refractivity contribution in [2.75, 3.05) is 6.54 Å². The molecular formula is C13H20N2O2. The maximum atomic E-state index is 11.9. The molecule has 0 aromatic heterocycles. The number of amides is 3. The molecule has 4 heteroatoms. The molecule has 0 aliphatic heterocycles. The van der Waals surface area contributed by atoms with E-state index in [2.05, 4.69) is 6.58 Å². The van der Waals surface area contributed by atoms with Crippen LogP contribution in [0.15, 0.2) is 12.2 Å². The summed E-state index contributed by atoms with van der Waals surface area (Å²) in [5.41, 5.74) is 5.82. The Morgan fingerprint density at radius 2 is 2.00 bits per heavy atom. The maximum Gasteiger partial charge on any atom is 0.321 e. The molecule has 2 rings (SSSR count). The number of carbonyl (C=O) groups is 2. The lowest BCUT2D eigenvalue weighted by molar-refractivity contribution is -0.125. The van der Waals surface area contributed by atoms with Crippen LogP contribution in [-0.4, -0.2) is 23.4 Å². The number of urea groups is 1. The molecule has 3 amide bonds. The molecule has 2 fully saturated rings. The van der Waals surface area contributed by atoms with Crippen LogP contribution in [0.5, 0.6) is 0 Å². The summed E-state index contributed by atoms with van der Waals surface area (Å²) in [6.07, 6.45) is 5.83. The standard InChI is InChI=1S/C13H20N2O2/c1-9(2)11(16)15(12(14)17)8-13-5-3-10(7-13)4-6-13/h10H,1,3-8H2,2H3,(H2,14,17). The Hall–Kier alpha value is -1.32. The SMILES string of the molecule is C=C(C)C(=O)N(CC12CCC(CC1)C2)C(N)=O. The van der Waals surface area contributed by atoms with Gasteiger partial charge in [-0.2, -0.15) is 0 Å². The molecule has 0 heterocycles. The van der Waals surface area contributed by atoms with Crippen molar-refractivity contribution in [2.24, 2.45) is 17.1 Å². The largest absolute Gasteiger partial charge is 0.351 e. The van der Waals surface area contributed by atoms with Crippen molar-refractivity contribution in [3.8, 4) is 0 Å². The first kappa shape index (κ1) is 12.1. The molecule has 2 N–H and O–H groups in total. The average molecular weight is 236 g/mol. The van der Waals surface area contributed by atoms with E-state index in [1.807, 2.05) is 0 Å². The van der Waals surface area contributed by atoms with Gasteiger partial charge in [-0.3, -0.25) is 9.69 Å². The summed E-state index contributed by atoms with van der Waals surface area (Å²) in [5, 5.41) is 0. The van der Waals surface area contributed by atoms with Gasteiger partial charge in [0.1, 0.15) is 0 Å². The first-order chi connectivity index (χ1) is 7.93. The highest BCUT2D eigenvalue weighted by Gasteiger charge is 2.46. The second-order valence-corrected chi connectivity index (χ2v) is 5.66. The van der Waals surface area contributed by atoms with Gasteiger partial charge in [-0.1, -0.05) is 6.58 Å². The van der Waals surface area contributed by atoms with Crippen molar-refractivity contribution >= 4 is 11.9 Å². The minimum absolute atomic E-state index is 0.144. The molecule has 0 aromatic rings. The number of nitrogens with zero attached hydrogens (tertiary/aromatic N) is 1. The van der Waals surface area contributed by atoms with Crippen LogP contribution in [-0.2, 0) is 4.79 Å². The van der Waals surface area contributed by atoms with Gasteiger partial charge in [0.25, 0.3) is 5.91 Å². The molecule has 94 valence electrons. The first-order valence-corrected chi connectivity index (χ1v) is 6.20. The lowest BCUT2D eigenvalue weighted by Crippen LogP contribution is -2.46. The summed E-state index contributed by atoms with van der Waals surface area (Å²) in [7, 11) is 0. The van der Waals surface area contributed by atoms with E-state index in [4.69, 9.17) is 5.73 Å². The van der Waals surface area contributed by atoms with E-state index in [-0.39, 0.29) is 11.3 Å². The van der Waals surface area contributed by atoms with Gasteiger partial charge in [-0.15, -0.1) is 0 Å². The quantitative estimate of drug-likeness (QED) is 0.762. The second kappa shape index (κ2) is 4.17. The van der Waals surface area contributed by atoms with Crippen LogP contribution >= 0.6 is 0 Å². The van der Waals surface area contributed by atoms with E-state index in [9.17, 15) is 9.59 Å². The zero-order chi connectivity index (χ0) is 12.6. The topological polar surface area (TPSA) is 63.4 Å². The molecule has 0 radical (unpaired) electrons. The molecule has 2 aliphatic carbocycles. The predicted molar refractivity (Wildman–Crippen MR) is 65.1 cm³/mol. The third-order valence-electron chi connectivity index (χ3n) is 4.26. The summed E-state index contributed by atoms with van der Waals surface area (Å²) in [4.78, 5) is 24.4. The number of fused-ring (bicyclic) bond motifs is 2. The van der Waals surface area contributed by atoms with Gasteiger partial charge in [0, 0.05) is 12.1 Å². The minimum atomic E-state index is -0.650. The van der Waals surface area contributed by atoms with Crippen molar-refractivity contribution in [1.29, 1.82) is 0 Å². The Balaban J connectivity index is 2.11. The summed E-state index contributed by atoms with van der Waals surface area (Å²) in [5.74, 6) is 0.465. The van der Waals surface area contributed by atoms with Gasteiger partial charge in [0.15, 0.2) is 0 Å². The summed E-state index contributed by atoms with van der Waals surface area (Å²) in [6.45, 7) is 5.68. The van der Waals surface area contributed by atoms with E-state index < -0.39 is 6.03 Å². The fraction of sp³-hybridized carbons (Fsp3) is 0.692. The first-order valence-electron chi connectivity index (χ1n) is 6.20. The van der Waals surface area contributed by atoms with Crippen LogP contribution < -0.4 is 5.73 Å². The molecule has 4 nitrogen and oxygen atoms in total. The normalized spacial score (nSPS) is 30.3. The van der Waals surface area contributed by atoms with Crippen LogP contribution in [0.3, 0.4) is 0 Å². The van der Waals surface area contributed by atoms with Crippen molar-refractivity contribution in [3.05, 3.63) is 12.2 Å². The van der Waals surface area contributed by atoms with Crippen molar-refractivity contribution in [3.63, 3.8) is 0 Å². The number of nitrogens with two attached hydrogens (primary N) is 1. The Labute approximate surface area is 102 Å². The van der Waals surface area contributed by atoms with Crippen LogP contribution in [0.1, 0.15) is 39.0 Å². The lowest BCUT2D eigenvalue weighted by Gasteiger charge is -2.32. The molecule has 17 heavy (non-hydrogen) atoms. The van der Waals surface area contributed by atoms with Gasteiger partial charge < -0.3 is 5.73 Å². The van der Waals surface area contributed by atoms with Crippen LogP contribution in [0.25, 0.3) is 0 Å². The van der Waals surface area contributed by atoms with Gasteiger partial charge in [0.2, 0.25) is 0 Å². The third-order valence-corrected chi connectivity index (χ3v) is 4.26. The van der Waals surface area contributed by atoms with Crippen LogP contribution in [0, 0.1) is 11.3 Å². The van der Waals surface area contributed by atoms with Crippen LogP contribution in [0.2, 0.25) is 0 Å². The monoisotopic (exact) mass is 236 g/mol. The number of hydrogen-bond acceptors (Lipinski definition) is 2. The Morgan fingerprint density at radius 3 is 2.35 bits per heavy atom. The summed E-state index contributed by atoms with van der Waals surface area (Å²) >= 11 is 0. The van der Waals surface area contributed by atoms with Crippen molar-refractivity contribution in [1.82, 2.24) is 4.90 Å².